The van der Waals surface area contributed by atoms with Gasteiger partial charge in [0.25, 0.3) is 5.91 Å². The molecule has 0 aliphatic heterocycles. The first-order valence-corrected chi connectivity index (χ1v) is 7.79. The van der Waals surface area contributed by atoms with E-state index in [1.165, 1.54) is 21.4 Å². The number of hydrogen-bond donors (Lipinski definition) is 1. The van der Waals surface area contributed by atoms with Gasteiger partial charge in [-0.1, -0.05) is 18.2 Å². The summed E-state index contributed by atoms with van der Waals surface area (Å²) in [5, 5.41) is 7.03. The van der Waals surface area contributed by atoms with Crippen molar-refractivity contribution in [2.24, 2.45) is 7.05 Å². The molecule has 0 saturated carbocycles. The highest BCUT2D eigenvalue weighted by atomic mass is 19.1. The topological polar surface area (TPSA) is 68.9 Å². The molecule has 1 amide bonds. The van der Waals surface area contributed by atoms with E-state index in [1.54, 1.807) is 43.4 Å². The number of halogens is 1. The lowest BCUT2D eigenvalue weighted by Crippen LogP contribution is -2.31. The van der Waals surface area contributed by atoms with Crippen LogP contribution in [0.15, 0.2) is 59.4 Å². The number of amides is 1. The molecular weight excluding hydrogens is 323 g/mol. The fraction of sp³-hybridized carbons (Fsp3) is 0.167. The Morgan fingerprint density at radius 2 is 1.80 bits per heavy atom. The van der Waals surface area contributed by atoms with Crippen molar-refractivity contribution in [2.75, 3.05) is 6.54 Å². The second kappa shape index (κ2) is 7.12. The Labute approximate surface area is 143 Å². The molecule has 0 aliphatic rings. The summed E-state index contributed by atoms with van der Waals surface area (Å²) in [4.78, 5) is 24.2. The summed E-state index contributed by atoms with van der Waals surface area (Å²) in [6.45, 7) is 0.514. The Hall–Kier alpha value is -3.22. The largest absolute Gasteiger partial charge is 0.350 e. The zero-order valence-corrected chi connectivity index (χ0v) is 13.6. The first-order chi connectivity index (χ1) is 12.1. The van der Waals surface area contributed by atoms with Crippen LogP contribution in [0.3, 0.4) is 0 Å². The molecule has 7 heteroatoms. The summed E-state index contributed by atoms with van der Waals surface area (Å²) in [6, 6.07) is 14.6. The summed E-state index contributed by atoms with van der Waals surface area (Å²) >= 11 is 0. The lowest BCUT2D eigenvalue weighted by atomic mass is 10.2. The average molecular weight is 340 g/mol. The van der Waals surface area contributed by atoms with Crippen LogP contribution in [-0.2, 0) is 13.6 Å². The smallest absolute Gasteiger partial charge is 0.345 e. The van der Waals surface area contributed by atoms with Crippen LogP contribution in [0.2, 0.25) is 0 Å². The minimum absolute atomic E-state index is 0.205. The van der Waals surface area contributed by atoms with Gasteiger partial charge >= 0.3 is 5.69 Å². The molecule has 0 bridgehead atoms. The summed E-state index contributed by atoms with van der Waals surface area (Å²) < 4.78 is 15.7. The Balaban J connectivity index is 1.69. The summed E-state index contributed by atoms with van der Waals surface area (Å²) in [7, 11) is 1.60. The van der Waals surface area contributed by atoms with Gasteiger partial charge in [-0.2, -0.15) is 0 Å². The van der Waals surface area contributed by atoms with Gasteiger partial charge in [-0.05, 0) is 36.4 Å². The number of aromatic nitrogens is 3. The number of hydrogen-bond acceptors (Lipinski definition) is 3. The Bertz CT molecular complexity index is 930. The van der Waals surface area contributed by atoms with Gasteiger partial charge in [-0.25, -0.2) is 13.9 Å². The van der Waals surface area contributed by atoms with Gasteiger partial charge in [0.15, 0.2) is 5.82 Å². The third-order valence-electron chi connectivity index (χ3n) is 3.79. The molecule has 0 aliphatic carbocycles. The molecule has 0 radical (unpaired) electrons. The van der Waals surface area contributed by atoms with Crippen molar-refractivity contribution in [3.63, 3.8) is 0 Å². The molecule has 0 spiro atoms. The first kappa shape index (κ1) is 16.6. The zero-order valence-electron chi connectivity index (χ0n) is 13.6. The Kier molecular flexibility index (Phi) is 4.74. The predicted octanol–water partition coefficient (Wildman–Crippen LogP) is 1.82. The van der Waals surface area contributed by atoms with E-state index in [9.17, 15) is 14.0 Å². The maximum absolute atomic E-state index is 13.0. The highest BCUT2D eigenvalue weighted by Gasteiger charge is 2.12. The maximum Gasteiger partial charge on any atom is 0.345 e. The maximum atomic E-state index is 13.0. The van der Waals surface area contributed by atoms with Crippen molar-refractivity contribution >= 4 is 5.91 Å². The Morgan fingerprint density at radius 3 is 2.48 bits per heavy atom. The van der Waals surface area contributed by atoms with Crippen LogP contribution in [0.25, 0.3) is 11.4 Å². The van der Waals surface area contributed by atoms with E-state index in [4.69, 9.17) is 0 Å². The van der Waals surface area contributed by atoms with Gasteiger partial charge in [0, 0.05) is 24.7 Å². The molecule has 25 heavy (non-hydrogen) atoms. The SMILES string of the molecule is Cn1c(-c2ccc(F)cc2)nn(CCNC(=O)c2ccccc2)c1=O. The summed E-state index contributed by atoms with van der Waals surface area (Å²) in [5.41, 5.74) is 0.907. The van der Waals surface area contributed by atoms with E-state index in [0.29, 0.717) is 17.0 Å². The molecule has 0 fully saturated rings. The van der Waals surface area contributed by atoms with Crippen LogP contribution in [-0.4, -0.2) is 26.8 Å². The number of rotatable bonds is 5. The lowest BCUT2D eigenvalue weighted by Gasteiger charge is -2.04. The van der Waals surface area contributed by atoms with Gasteiger partial charge in [0.2, 0.25) is 0 Å². The van der Waals surface area contributed by atoms with Crippen LogP contribution < -0.4 is 11.0 Å². The highest BCUT2D eigenvalue weighted by molar-refractivity contribution is 5.94. The van der Waals surface area contributed by atoms with Crippen molar-refractivity contribution in [1.82, 2.24) is 19.7 Å². The molecule has 3 rings (SSSR count). The molecule has 1 aromatic heterocycles. The molecule has 6 nitrogen and oxygen atoms in total. The number of nitrogens with zero attached hydrogens (tertiary/aromatic N) is 3. The molecule has 2 aromatic carbocycles. The van der Waals surface area contributed by atoms with E-state index in [1.807, 2.05) is 6.07 Å². The number of carbonyl (C=O) groups is 1. The fourth-order valence-electron chi connectivity index (χ4n) is 2.45. The van der Waals surface area contributed by atoms with Crippen molar-refractivity contribution in [1.29, 1.82) is 0 Å². The van der Waals surface area contributed by atoms with Crippen LogP contribution in [0.1, 0.15) is 10.4 Å². The second-order valence-electron chi connectivity index (χ2n) is 5.52. The third kappa shape index (κ3) is 3.65. The quantitative estimate of drug-likeness (QED) is 0.770. The van der Waals surface area contributed by atoms with Crippen LogP contribution in [0.5, 0.6) is 0 Å². The average Bonchev–Trinajstić information content (AvgIpc) is 2.91. The van der Waals surface area contributed by atoms with Gasteiger partial charge in [-0.3, -0.25) is 9.36 Å². The van der Waals surface area contributed by atoms with E-state index < -0.39 is 0 Å². The van der Waals surface area contributed by atoms with Crippen LogP contribution in [0, 0.1) is 5.82 Å². The van der Waals surface area contributed by atoms with Gasteiger partial charge < -0.3 is 5.32 Å². The summed E-state index contributed by atoms with van der Waals surface area (Å²) in [5.74, 6) is -0.112. The molecule has 1 N–H and O–H groups in total. The van der Waals surface area contributed by atoms with E-state index >= 15 is 0 Å². The third-order valence-corrected chi connectivity index (χ3v) is 3.79. The fourth-order valence-corrected chi connectivity index (χ4v) is 2.45. The van der Waals surface area contributed by atoms with Crippen molar-refractivity contribution in [3.8, 4) is 11.4 Å². The lowest BCUT2D eigenvalue weighted by molar-refractivity contribution is 0.0952. The molecule has 3 aromatic rings. The van der Waals surface area contributed by atoms with E-state index in [-0.39, 0.29) is 30.5 Å². The number of benzene rings is 2. The van der Waals surface area contributed by atoms with Gasteiger partial charge in [-0.15, -0.1) is 5.10 Å². The molecule has 128 valence electrons. The minimum atomic E-state index is -0.350. The van der Waals surface area contributed by atoms with Crippen molar-refractivity contribution in [2.45, 2.75) is 6.54 Å². The summed E-state index contributed by atoms with van der Waals surface area (Å²) in [6.07, 6.45) is 0. The normalized spacial score (nSPS) is 10.6. The standard InChI is InChI=1S/C18H17FN4O2/c1-22-16(13-7-9-15(19)10-8-13)21-23(18(22)25)12-11-20-17(24)14-5-3-2-4-6-14/h2-10H,11-12H2,1H3,(H,20,24). The zero-order chi connectivity index (χ0) is 17.8. The minimum Gasteiger partial charge on any atom is -0.350 e. The van der Waals surface area contributed by atoms with E-state index in [2.05, 4.69) is 10.4 Å². The Morgan fingerprint density at radius 1 is 1.12 bits per heavy atom. The first-order valence-electron chi connectivity index (χ1n) is 7.79. The van der Waals surface area contributed by atoms with Crippen molar-refractivity contribution in [3.05, 3.63) is 76.5 Å². The number of carbonyl (C=O) groups excluding carboxylic acids is 1. The van der Waals surface area contributed by atoms with Crippen LogP contribution in [0.4, 0.5) is 4.39 Å². The molecular formula is C18H17FN4O2. The van der Waals surface area contributed by atoms with Gasteiger partial charge in [0.1, 0.15) is 5.82 Å². The number of nitrogens with one attached hydrogen (secondary N) is 1. The molecule has 0 atom stereocenters. The highest BCUT2D eigenvalue weighted by Crippen LogP contribution is 2.15. The predicted molar refractivity (Wildman–Crippen MR) is 91.6 cm³/mol. The van der Waals surface area contributed by atoms with Gasteiger partial charge in [0.05, 0.1) is 6.54 Å². The monoisotopic (exact) mass is 340 g/mol. The van der Waals surface area contributed by atoms with Crippen molar-refractivity contribution < 1.29 is 9.18 Å². The van der Waals surface area contributed by atoms with Crippen LogP contribution >= 0.6 is 0 Å². The molecule has 0 saturated heterocycles. The molecule has 1 heterocycles. The second-order valence-corrected chi connectivity index (χ2v) is 5.52. The van der Waals surface area contributed by atoms with E-state index in [0.717, 1.165) is 0 Å². The molecule has 0 unspecified atom stereocenters.